The molecule has 0 fully saturated rings. The highest BCUT2D eigenvalue weighted by Gasteiger charge is 2.00. The fourth-order valence-corrected chi connectivity index (χ4v) is 1.82. The van der Waals surface area contributed by atoms with Crippen molar-refractivity contribution in [2.75, 3.05) is 11.1 Å². The third kappa shape index (κ3) is 2.63. The second kappa shape index (κ2) is 4.22. The van der Waals surface area contributed by atoms with E-state index in [1.165, 1.54) is 5.56 Å². The zero-order valence-electron chi connectivity index (χ0n) is 8.27. The van der Waals surface area contributed by atoms with E-state index in [1.54, 1.807) is 18.3 Å². The zero-order valence-corrected chi connectivity index (χ0v) is 9.08. The van der Waals surface area contributed by atoms with E-state index in [4.69, 9.17) is 5.73 Å². The third-order valence-corrected chi connectivity index (χ3v) is 2.53. The van der Waals surface area contributed by atoms with Gasteiger partial charge in [0.1, 0.15) is 5.82 Å². The molecule has 15 heavy (non-hydrogen) atoms. The van der Waals surface area contributed by atoms with Crippen LogP contribution in [0.25, 0.3) is 0 Å². The molecule has 2 aromatic rings. The summed E-state index contributed by atoms with van der Waals surface area (Å²) in [6, 6.07) is 2.05. The van der Waals surface area contributed by atoms with Crippen LogP contribution in [0.4, 0.5) is 11.9 Å². The third-order valence-electron chi connectivity index (χ3n) is 1.80. The number of aromatic nitrogens is 3. The van der Waals surface area contributed by atoms with Crippen molar-refractivity contribution in [2.45, 2.75) is 13.5 Å². The van der Waals surface area contributed by atoms with Crippen molar-refractivity contribution in [2.24, 2.45) is 0 Å². The van der Waals surface area contributed by atoms with Crippen molar-refractivity contribution >= 4 is 23.2 Å². The van der Waals surface area contributed by atoms with Crippen LogP contribution in [0.15, 0.2) is 16.8 Å². The van der Waals surface area contributed by atoms with Crippen LogP contribution in [-0.4, -0.2) is 15.0 Å². The Kier molecular flexibility index (Phi) is 2.77. The van der Waals surface area contributed by atoms with Crippen LogP contribution < -0.4 is 11.1 Å². The van der Waals surface area contributed by atoms with E-state index in [2.05, 4.69) is 31.7 Å². The van der Waals surface area contributed by atoms with Crippen LogP contribution in [0.2, 0.25) is 0 Å². The number of aryl methyl sites for hydroxylation is 1. The van der Waals surface area contributed by atoms with Crippen molar-refractivity contribution in [3.63, 3.8) is 0 Å². The average Bonchev–Trinajstić information content (AvgIpc) is 2.65. The molecule has 0 atom stereocenters. The van der Waals surface area contributed by atoms with Gasteiger partial charge in [-0.2, -0.15) is 26.3 Å². The minimum absolute atomic E-state index is 0.246. The lowest BCUT2D eigenvalue weighted by Gasteiger charge is -2.04. The number of anilines is 2. The van der Waals surface area contributed by atoms with Gasteiger partial charge < -0.3 is 11.1 Å². The fourth-order valence-electron chi connectivity index (χ4n) is 1.16. The molecular formula is C9H11N5S. The molecule has 2 aromatic heterocycles. The Morgan fingerprint density at radius 2 is 2.27 bits per heavy atom. The topological polar surface area (TPSA) is 76.7 Å². The molecule has 0 aliphatic rings. The molecule has 0 unspecified atom stereocenters. The first-order valence-corrected chi connectivity index (χ1v) is 5.41. The predicted molar refractivity (Wildman–Crippen MR) is 60.6 cm³/mol. The quantitative estimate of drug-likeness (QED) is 0.820. The summed E-state index contributed by atoms with van der Waals surface area (Å²) in [6.07, 6.45) is 0. The SMILES string of the molecule is Cc1nc(N)nc(NCc2ccsc2)n1. The molecule has 3 N–H and O–H groups in total. The Morgan fingerprint density at radius 3 is 2.93 bits per heavy atom. The van der Waals surface area contributed by atoms with Crippen molar-refractivity contribution < 1.29 is 0 Å². The van der Waals surface area contributed by atoms with Gasteiger partial charge in [-0.3, -0.25) is 0 Å². The highest BCUT2D eigenvalue weighted by Crippen LogP contribution is 2.08. The summed E-state index contributed by atoms with van der Waals surface area (Å²) in [5.74, 6) is 1.39. The average molecular weight is 221 g/mol. The van der Waals surface area contributed by atoms with Crippen LogP contribution in [0, 0.1) is 6.92 Å². The van der Waals surface area contributed by atoms with Gasteiger partial charge in [0.15, 0.2) is 0 Å². The lowest BCUT2D eigenvalue weighted by Crippen LogP contribution is -2.07. The predicted octanol–water partition coefficient (Wildman–Crippen LogP) is 1.44. The lowest BCUT2D eigenvalue weighted by molar-refractivity contribution is 0.965. The summed E-state index contributed by atoms with van der Waals surface area (Å²) in [7, 11) is 0. The van der Waals surface area contributed by atoms with E-state index in [-0.39, 0.29) is 5.95 Å². The molecule has 0 amide bonds. The number of nitrogens with zero attached hydrogens (tertiary/aromatic N) is 3. The second-order valence-electron chi connectivity index (χ2n) is 3.05. The molecule has 0 spiro atoms. The molecule has 2 heterocycles. The molecule has 0 aliphatic carbocycles. The van der Waals surface area contributed by atoms with Gasteiger partial charge >= 0.3 is 0 Å². The van der Waals surface area contributed by atoms with Gasteiger partial charge in [0, 0.05) is 6.54 Å². The molecule has 5 nitrogen and oxygen atoms in total. The molecule has 0 bridgehead atoms. The summed E-state index contributed by atoms with van der Waals surface area (Å²) in [6.45, 7) is 2.49. The minimum Gasteiger partial charge on any atom is -0.368 e. The summed E-state index contributed by atoms with van der Waals surface area (Å²) in [5, 5.41) is 7.20. The number of hydrogen-bond donors (Lipinski definition) is 2. The monoisotopic (exact) mass is 221 g/mol. The van der Waals surface area contributed by atoms with Crippen LogP contribution >= 0.6 is 11.3 Å². The highest BCUT2D eigenvalue weighted by atomic mass is 32.1. The maximum absolute atomic E-state index is 5.51. The van der Waals surface area contributed by atoms with E-state index in [1.807, 2.05) is 5.38 Å². The maximum atomic E-state index is 5.51. The zero-order chi connectivity index (χ0) is 10.7. The molecule has 78 valence electrons. The first-order valence-electron chi connectivity index (χ1n) is 4.47. The van der Waals surface area contributed by atoms with E-state index in [0.717, 1.165) is 0 Å². The van der Waals surface area contributed by atoms with E-state index in [9.17, 15) is 0 Å². The second-order valence-corrected chi connectivity index (χ2v) is 3.83. The smallest absolute Gasteiger partial charge is 0.227 e. The highest BCUT2D eigenvalue weighted by molar-refractivity contribution is 7.07. The summed E-state index contributed by atoms with van der Waals surface area (Å²) in [5.41, 5.74) is 6.71. The van der Waals surface area contributed by atoms with Crippen molar-refractivity contribution in [3.05, 3.63) is 28.2 Å². The van der Waals surface area contributed by atoms with Gasteiger partial charge in [0.25, 0.3) is 0 Å². The van der Waals surface area contributed by atoms with Gasteiger partial charge in [0.05, 0.1) is 0 Å². The van der Waals surface area contributed by atoms with Gasteiger partial charge in [0.2, 0.25) is 11.9 Å². The molecule has 0 aromatic carbocycles. The van der Waals surface area contributed by atoms with E-state index in [0.29, 0.717) is 18.3 Å². The molecular weight excluding hydrogens is 210 g/mol. The number of nitrogen functional groups attached to an aromatic ring is 1. The number of rotatable bonds is 3. The first-order chi connectivity index (χ1) is 7.24. The van der Waals surface area contributed by atoms with Crippen LogP contribution in [0.5, 0.6) is 0 Å². The Hall–Kier alpha value is -1.69. The molecule has 0 saturated carbocycles. The number of hydrogen-bond acceptors (Lipinski definition) is 6. The van der Waals surface area contributed by atoms with Gasteiger partial charge in [-0.15, -0.1) is 0 Å². The van der Waals surface area contributed by atoms with Crippen molar-refractivity contribution in [3.8, 4) is 0 Å². The molecule has 6 heteroatoms. The summed E-state index contributed by atoms with van der Waals surface area (Å²) >= 11 is 1.66. The van der Waals surface area contributed by atoms with Gasteiger partial charge in [-0.25, -0.2) is 0 Å². The lowest BCUT2D eigenvalue weighted by atomic mass is 10.3. The Bertz CT molecular complexity index is 420. The van der Waals surface area contributed by atoms with E-state index < -0.39 is 0 Å². The Labute approximate surface area is 91.4 Å². The Balaban J connectivity index is 2.05. The van der Waals surface area contributed by atoms with Gasteiger partial charge in [-0.1, -0.05) is 0 Å². The van der Waals surface area contributed by atoms with Crippen LogP contribution in [0.1, 0.15) is 11.4 Å². The number of nitrogens with one attached hydrogen (secondary N) is 1. The molecule has 0 saturated heterocycles. The standard InChI is InChI=1S/C9H11N5S/c1-6-12-8(10)14-9(13-6)11-4-7-2-3-15-5-7/h2-3,5H,4H2,1H3,(H3,10,11,12,13,14). The van der Waals surface area contributed by atoms with Crippen LogP contribution in [-0.2, 0) is 6.54 Å². The molecule has 0 radical (unpaired) electrons. The molecule has 0 aliphatic heterocycles. The largest absolute Gasteiger partial charge is 0.368 e. The van der Waals surface area contributed by atoms with Crippen molar-refractivity contribution in [1.29, 1.82) is 0 Å². The molecule has 2 rings (SSSR count). The fraction of sp³-hybridized carbons (Fsp3) is 0.222. The minimum atomic E-state index is 0.246. The number of thiophene rings is 1. The number of nitrogens with two attached hydrogens (primary N) is 1. The summed E-state index contributed by atoms with van der Waals surface area (Å²) < 4.78 is 0. The Morgan fingerprint density at radius 1 is 1.40 bits per heavy atom. The first kappa shape index (κ1) is 9.85. The normalized spacial score (nSPS) is 10.2. The van der Waals surface area contributed by atoms with Gasteiger partial charge in [-0.05, 0) is 29.3 Å². The van der Waals surface area contributed by atoms with Crippen molar-refractivity contribution in [1.82, 2.24) is 15.0 Å². The maximum Gasteiger partial charge on any atom is 0.227 e. The van der Waals surface area contributed by atoms with E-state index >= 15 is 0 Å². The van der Waals surface area contributed by atoms with Crippen LogP contribution in [0.3, 0.4) is 0 Å². The summed E-state index contributed by atoms with van der Waals surface area (Å²) in [4.78, 5) is 12.0.